The molecule has 57 heavy (non-hydrogen) atoms. The van der Waals surface area contributed by atoms with Gasteiger partial charge in [-0.1, -0.05) is 85.9 Å². The summed E-state index contributed by atoms with van der Waals surface area (Å²) in [6, 6.07) is 8.65. The summed E-state index contributed by atoms with van der Waals surface area (Å²) in [7, 11) is -6.39. The van der Waals surface area contributed by atoms with Crippen LogP contribution in [-0.4, -0.2) is 99.6 Å². The fourth-order valence-corrected chi connectivity index (χ4v) is 11.9. The van der Waals surface area contributed by atoms with Crippen molar-refractivity contribution < 1.29 is 41.0 Å². The van der Waals surface area contributed by atoms with Crippen LogP contribution < -0.4 is 0 Å². The highest BCUT2D eigenvalue weighted by Gasteiger charge is 2.50. The minimum absolute atomic E-state index is 0.0214. The first-order chi connectivity index (χ1) is 26.4. The number of ether oxygens (including phenoxy) is 4. The van der Waals surface area contributed by atoms with Crippen LogP contribution in [0.15, 0.2) is 71.7 Å². The van der Waals surface area contributed by atoms with Gasteiger partial charge in [0.25, 0.3) is 0 Å². The van der Waals surface area contributed by atoms with Crippen molar-refractivity contribution in [3.05, 3.63) is 66.8 Å². The number of benzene rings is 1. The third kappa shape index (κ3) is 12.4. The van der Waals surface area contributed by atoms with Crippen LogP contribution in [0.2, 0.25) is 36.3 Å². The number of carbonyl (C=O) groups is 1. The maximum Gasteiger partial charge on any atom is 0.192 e. The molecular weight excluding hydrogens is 773 g/mol. The molecule has 12 heteroatoms. The van der Waals surface area contributed by atoms with Gasteiger partial charge < -0.3 is 27.8 Å². The molecule has 3 saturated heterocycles. The monoisotopic (exact) mass is 846 g/mol. The van der Waals surface area contributed by atoms with E-state index in [0.717, 1.165) is 36.7 Å². The van der Waals surface area contributed by atoms with E-state index in [0.29, 0.717) is 25.9 Å². The molecule has 0 aliphatic carbocycles. The number of methoxy groups -OCH3 is 1. The molecule has 3 fully saturated rings. The second kappa shape index (κ2) is 19.3. The number of sulfone groups is 1. The van der Waals surface area contributed by atoms with Crippen molar-refractivity contribution in [2.24, 2.45) is 11.8 Å². The Kier molecular flexibility index (Phi) is 16.2. The van der Waals surface area contributed by atoms with Gasteiger partial charge in [0.1, 0.15) is 6.29 Å². The molecule has 1 unspecified atom stereocenters. The molecule has 0 bridgehead atoms. The van der Waals surface area contributed by atoms with Gasteiger partial charge in [0, 0.05) is 32.3 Å². The highest BCUT2D eigenvalue weighted by molar-refractivity contribution is 7.91. The summed E-state index contributed by atoms with van der Waals surface area (Å²) in [6.45, 7) is 33.8. The molecular formula is C45H74O9SSi2. The van der Waals surface area contributed by atoms with E-state index >= 15 is 0 Å². The van der Waals surface area contributed by atoms with Crippen molar-refractivity contribution in [1.29, 1.82) is 0 Å². The zero-order valence-electron chi connectivity index (χ0n) is 37.0. The molecule has 3 heterocycles. The lowest BCUT2D eigenvalue weighted by Gasteiger charge is -2.42. The highest BCUT2D eigenvalue weighted by atomic mass is 32.2. The molecule has 9 nitrogen and oxygen atoms in total. The van der Waals surface area contributed by atoms with Crippen molar-refractivity contribution in [3.63, 3.8) is 0 Å². The molecule has 1 aromatic rings. The maximum atomic E-state index is 14.1. The van der Waals surface area contributed by atoms with E-state index in [2.05, 4.69) is 87.8 Å². The Hall–Kier alpha value is -1.75. The first-order valence-corrected chi connectivity index (χ1v) is 28.4. The maximum absolute atomic E-state index is 14.1. The van der Waals surface area contributed by atoms with Crippen LogP contribution in [0.4, 0.5) is 0 Å². The van der Waals surface area contributed by atoms with E-state index in [1.807, 2.05) is 6.07 Å². The first kappa shape index (κ1) is 47.9. The predicted octanol–water partition coefficient (Wildman–Crippen LogP) is 9.65. The number of allylic oxidation sites excluding steroid dienone is 1. The minimum Gasteiger partial charge on any atom is -0.414 e. The van der Waals surface area contributed by atoms with E-state index in [1.165, 1.54) is 6.08 Å². The smallest absolute Gasteiger partial charge is 0.192 e. The number of rotatable bonds is 18. The quantitative estimate of drug-likeness (QED) is 0.0618. The number of hydrogen-bond donors (Lipinski definition) is 0. The van der Waals surface area contributed by atoms with Crippen molar-refractivity contribution in [3.8, 4) is 0 Å². The normalized spacial score (nSPS) is 30.0. The molecule has 322 valence electrons. The zero-order valence-corrected chi connectivity index (χ0v) is 39.9. The van der Waals surface area contributed by atoms with Gasteiger partial charge in [-0.25, -0.2) is 8.42 Å². The van der Waals surface area contributed by atoms with Crippen molar-refractivity contribution in [1.82, 2.24) is 0 Å². The standard InChI is InChI=1S/C45H74O9SSi2/c1-31-25-35(22-23-39-32(2)26-34(51-39)19-18-24-46)52-40(33(31)3)28-41-38(30-55(47,48)37-20-16-15-17-21-37)43(49-10)42(53-41)27-36(54-57(13,14)45(7,8)9)29-50-56(11,12)44(4,5)6/h15-21,24,31,34-36,38-43H,2-3,22-23,25-30H2,1,4-14H3/t31-,34+,35+,36?,38+,39+,40-,41+,42-,43-/m1/s1. The van der Waals surface area contributed by atoms with Gasteiger partial charge in [0.2, 0.25) is 0 Å². The largest absolute Gasteiger partial charge is 0.414 e. The third-order valence-electron chi connectivity index (χ3n) is 13.5. The van der Waals surface area contributed by atoms with Crippen LogP contribution >= 0.6 is 0 Å². The Morgan fingerprint density at radius 2 is 1.56 bits per heavy atom. The Morgan fingerprint density at radius 3 is 2.16 bits per heavy atom. The molecule has 3 aliphatic rings. The van der Waals surface area contributed by atoms with Crippen LogP contribution in [0.3, 0.4) is 0 Å². The summed E-state index contributed by atoms with van der Waals surface area (Å²) in [6.07, 6.45) is 5.86. The summed E-state index contributed by atoms with van der Waals surface area (Å²) < 4.78 is 68.4. The highest BCUT2D eigenvalue weighted by Crippen LogP contribution is 2.44. The van der Waals surface area contributed by atoms with Gasteiger partial charge in [0.05, 0.1) is 66.1 Å². The van der Waals surface area contributed by atoms with Gasteiger partial charge in [-0.3, -0.25) is 4.79 Å². The lowest BCUT2D eigenvalue weighted by atomic mass is 9.83. The molecule has 10 atom stereocenters. The van der Waals surface area contributed by atoms with E-state index in [9.17, 15) is 13.2 Å². The van der Waals surface area contributed by atoms with Crippen LogP contribution in [0.1, 0.15) is 87.0 Å². The predicted molar refractivity (Wildman–Crippen MR) is 234 cm³/mol. The fraction of sp³-hybridized carbons (Fsp3) is 0.711. The molecule has 0 N–H and O–H groups in total. The van der Waals surface area contributed by atoms with Crippen LogP contribution in [0.25, 0.3) is 0 Å². The molecule has 0 saturated carbocycles. The molecule has 0 spiro atoms. The van der Waals surface area contributed by atoms with Crippen molar-refractivity contribution in [2.45, 2.75) is 177 Å². The molecule has 0 amide bonds. The second-order valence-corrected chi connectivity index (χ2v) is 31.4. The second-order valence-electron chi connectivity index (χ2n) is 19.8. The number of hydrogen-bond acceptors (Lipinski definition) is 9. The summed E-state index contributed by atoms with van der Waals surface area (Å²) in [5.74, 6) is -0.371. The van der Waals surface area contributed by atoms with E-state index < -0.39 is 50.7 Å². The lowest BCUT2D eigenvalue weighted by Crippen LogP contribution is -2.49. The summed E-state index contributed by atoms with van der Waals surface area (Å²) in [4.78, 5) is 11.1. The minimum atomic E-state index is -3.69. The Labute approximate surface area is 347 Å². The average molecular weight is 847 g/mol. The van der Waals surface area contributed by atoms with E-state index in [-0.39, 0.29) is 57.2 Å². The third-order valence-corrected chi connectivity index (χ3v) is 24.3. The first-order valence-electron chi connectivity index (χ1n) is 21.0. The van der Waals surface area contributed by atoms with Gasteiger partial charge in [-0.05, 0) is 90.8 Å². The Morgan fingerprint density at radius 1 is 0.912 bits per heavy atom. The number of carbonyl (C=O) groups excluding carboxylic acids is 1. The topological polar surface area (TPSA) is 107 Å². The molecule has 0 aromatic heterocycles. The zero-order chi connectivity index (χ0) is 42.6. The lowest BCUT2D eigenvalue weighted by molar-refractivity contribution is -0.104. The average Bonchev–Trinajstić information content (AvgIpc) is 3.63. The van der Waals surface area contributed by atoms with Crippen LogP contribution in [-0.2, 0) is 42.4 Å². The van der Waals surface area contributed by atoms with Gasteiger partial charge in [-0.2, -0.15) is 0 Å². The SMILES string of the molecule is C=C1C[C@H](C=CC=O)O[C@H]1CC[C@H]1C[C@@H](C)C(=C)[C@@H](C[C@@H]2O[C@H](CC(CO[Si](C)(C)C(C)(C)C)O[Si](C)(C)C(C)(C)C)[C@H](OC)[C@H]2CS(=O)(=O)c2ccccc2)O1. The van der Waals surface area contributed by atoms with E-state index in [1.54, 1.807) is 37.5 Å². The summed E-state index contributed by atoms with van der Waals surface area (Å²) in [5, 5.41) is 0.00812. The Bertz CT molecular complexity index is 1650. The van der Waals surface area contributed by atoms with Gasteiger partial charge in [0.15, 0.2) is 26.5 Å². The van der Waals surface area contributed by atoms with E-state index in [4.69, 9.17) is 27.8 Å². The molecule has 3 aliphatic heterocycles. The summed E-state index contributed by atoms with van der Waals surface area (Å²) >= 11 is 0. The summed E-state index contributed by atoms with van der Waals surface area (Å²) in [5.41, 5.74) is 2.03. The van der Waals surface area contributed by atoms with Crippen molar-refractivity contribution >= 4 is 32.8 Å². The Balaban J connectivity index is 1.60. The number of aldehydes is 1. The molecule has 1 aromatic carbocycles. The van der Waals surface area contributed by atoms with Crippen molar-refractivity contribution in [2.75, 3.05) is 19.5 Å². The van der Waals surface area contributed by atoms with Gasteiger partial charge in [-0.15, -0.1) is 0 Å². The van der Waals surface area contributed by atoms with Crippen LogP contribution in [0, 0.1) is 11.8 Å². The fourth-order valence-electron chi connectivity index (χ4n) is 7.82. The van der Waals surface area contributed by atoms with Gasteiger partial charge >= 0.3 is 0 Å². The molecule has 4 rings (SSSR count). The van der Waals surface area contributed by atoms with Crippen LogP contribution in [0.5, 0.6) is 0 Å². The molecule has 0 radical (unpaired) electrons.